The van der Waals surface area contributed by atoms with E-state index in [2.05, 4.69) is 25.2 Å². The molecule has 1 aliphatic heterocycles. The van der Waals surface area contributed by atoms with Gasteiger partial charge in [0.25, 0.3) is 0 Å². The van der Waals surface area contributed by atoms with Crippen LogP contribution in [0.2, 0.25) is 5.15 Å². The average Bonchev–Trinajstić information content (AvgIpc) is 2.56. The first-order chi connectivity index (χ1) is 10.8. The zero-order valence-electron chi connectivity index (χ0n) is 12.2. The molecule has 6 nitrogen and oxygen atoms in total. The molecule has 0 saturated carbocycles. The fourth-order valence-corrected chi connectivity index (χ4v) is 2.47. The van der Waals surface area contributed by atoms with Gasteiger partial charge in [0.2, 0.25) is 5.95 Å². The number of nitrogens with zero attached hydrogens (tertiary/aromatic N) is 4. The summed E-state index contributed by atoms with van der Waals surface area (Å²) < 4.78 is 5.35. The fourth-order valence-electron chi connectivity index (χ4n) is 2.29. The normalized spacial score (nSPS) is 14.9. The van der Waals surface area contributed by atoms with Crippen molar-refractivity contribution in [2.24, 2.45) is 0 Å². The maximum absolute atomic E-state index is 6.10. The molecule has 0 unspecified atom stereocenters. The molecule has 1 N–H and O–H groups in total. The summed E-state index contributed by atoms with van der Waals surface area (Å²) in [7, 11) is 0. The lowest BCUT2D eigenvalue weighted by Crippen LogP contribution is -2.36. The van der Waals surface area contributed by atoms with Crippen LogP contribution in [-0.2, 0) is 11.2 Å². The van der Waals surface area contributed by atoms with Crippen molar-refractivity contribution < 1.29 is 4.74 Å². The lowest BCUT2D eigenvalue weighted by molar-refractivity contribution is 0.122. The lowest BCUT2D eigenvalue weighted by atomic mass is 10.3. The van der Waals surface area contributed by atoms with E-state index in [9.17, 15) is 0 Å². The molecular formula is C15H18ClN5O. The second-order valence-electron chi connectivity index (χ2n) is 4.97. The highest BCUT2D eigenvalue weighted by Gasteiger charge is 2.14. The first-order valence-electron chi connectivity index (χ1n) is 7.32. The number of ether oxygens (including phenoxy) is 1. The minimum atomic E-state index is 0.442. The van der Waals surface area contributed by atoms with Crippen LogP contribution in [-0.4, -0.2) is 47.8 Å². The molecule has 2 aromatic heterocycles. The van der Waals surface area contributed by atoms with Crippen LogP contribution in [0.3, 0.4) is 0 Å². The van der Waals surface area contributed by atoms with Gasteiger partial charge in [0, 0.05) is 44.0 Å². The molecular weight excluding hydrogens is 302 g/mol. The molecule has 1 fully saturated rings. The molecule has 3 heterocycles. The zero-order chi connectivity index (χ0) is 15.2. The van der Waals surface area contributed by atoms with Crippen molar-refractivity contribution in [3.63, 3.8) is 0 Å². The highest BCUT2D eigenvalue weighted by Crippen LogP contribution is 2.19. The molecule has 0 aliphatic carbocycles. The van der Waals surface area contributed by atoms with Crippen molar-refractivity contribution in [2.45, 2.75) is 6.42 Å². The Morgan fingerprint density at radius 3 is 2.86 bits per heavy atom. The van der Waals surface area contributed by atoms with E-state index in [1.54, 1.807) is 12.3 Å². The van der Waals surface area contributed by atoms with Gasteiger partial charge in [-0.05, 0) is 12.1 Å². The van der Waals surface area contributed by atoms with Gasteiger partial charge in [0.1, 0.15) is 11.0 Å². The van der Waals surface area contributed by atoms with Gasteiger partial charge in [-0.15, -0.1) is 0 Å². The van der Waals surface area contributed by atoms with Crippen LogP contribution in [0.4, 0.5) is 11.8 Å². The van der Waals surface area contributed by atoms with Crippen LogP contribution in [0.25, 0.3) is 0 Å². The van der Waals surface area contributed by atoms with Gasteiger partial charge >= 0.3 is 0 Å². The smallest absolute Gasteiger partial charge is 0.226 e. The van der Waals surface area contributed by atoms with Crippen LogP contribution < -0.4 is 10.2 Å². The maximum atomic E-state index is 6.10. The van der Waals surface area contributed by atoms with E-state index in [0.29, 0.717) is 30.9 Å². The van der Waals surface area contributed by atoms with Crippen LogP contribution in [0, 0.1) is 0 Å². The molecule has 0 amide bonds. The number of hydrogen-bond acceptors (Lipinski definition) is 6. The molecule has 22 heavy (non-hydrogen) atoms. The number of halogens is 1. The summed E-state index contributed by atoms with van der Waals surface area (Å²) in [4.78, 5) is 15.2. The standard InChI is InChI=1S/C15H18ClN5O/c16-13-11-14(21-7-9-22-10-8-21)20-15(19-13)18-6-4-12-3-1-2-5-17-12/h1-3,5,11H,4,6-10H2,(H,18,19,20). The molecule has 0 radical (unpaired) electrons. The predicted octanol–water partition coefficient (Wildman–Crippen LogP) is 2.02. The Hall–Kier alpha value is -1.92. The SMILES string of the molecule is Clc1cc(N2CCOCC2)nc(NCCc2ccccn2)n1. The number of hydrogen-bond donors (Lipinski definition) is 1. The van der Waals surface area contributed by atoms with Gasteiger partial charge in [-0.3, -0.25) is 4.98 Å². The number of nitrogens with one attached hydrogen (secondary N) is 1. The minimum absolute atomic E-state index is 0.442. The van der Waals surface area contributed by atoms with E-state index in [1.165, 1.54) is 0 Å². The van der Waals surface area contributed by atoms with Crippen molar-refractivity contribution in [2.75, 3.05) is 43.1 Å². The summed E-state index contributed by atoms with van der Waals surface area (Å²) in [6.45, 7) is 3.77. The first kappa shape index (κ1) is 15.0. The van der Waals surface area contributed by atoms with Crippen LogP contribution >= 0.6 is 11.6 Å². The van der Waals surface area contributed by atoms with Gasteiger partial charge in [0.15, 0.2) is 0 Å². The van der Waals surface area contributed by atoms with Crippen LogP contribution in [0.5, 0.6) is 0 Å². The van der Waals surface area contributed by atoms with E-state index in [4.69, 9.17) is 16.3 Å². The van der Waals surface area contributed by atoms with Gasteiger partial charge in [-0.25, -0.2) is 4.98 Å². The largest absolute Gasteiger partial charge is 0.378 e. The fraction of sp³-hybridized carbons (Fsp3) is 0.400. The van der Waals surface area contributed by atoms with Crippen molar-refractivity contribution in [1.82, 2.24) is 15.0 Å². The Kier molecular flexibility index (Phi) is 5.03. The number of rotatable bonds is 5. The Morgan fingerprint density at radius 1 is 1.23 bits per heavy atom. The first-order valence-corrected chi connectivity index (χ1v) is 7.70. The Morgan fingerprint density at radius 2 is 2.09 bits per heavy atom. The molecule has 1 saturated heterocycles. The number of anilines is 2. The number of pyridine rings is 1. The number of aromatic nitrogens is 3. The monoisotopic (exact) mass is 319 g/mol. The van der Waals surface area contributed by atoms with Gasteiger partial charge in [0.05, 0.1) is 13.2 Å². The highest BCUT2D eigenvalue weighted by molar-refractivity contribution is 6.29. The molecule has 1 aliphatic rings. The van der Waals surface area contributed by atoms with E-state index < -0.39 is 0 Å². The molecule has 116 valence electrons. The third-order valence-electron chi connectivity index (χ3n) is 3.41. The van der Waals surface area contributed by atoms with Crippen molar-refractivity contribution in [3.05, 3.63) is 41.3 Å². The van der Waals surface area contributed by atoms with Gasteiger partial charge in [-0.2, -0.15) is 4.98 Å². The molecule has 0 bridgehead atoms. The summed E-state index contributed by atoms with van der Waals surface area (Å²) >= 11 is 6.10. The quantitative estimate of drug-likeness (QED) is 0.851. The van der Waals surface area contributed by atoms with Crippen LogP contribution in [0.15, 0.2) is 30.5 Å². The third kappa shape index (κ3) is 4.05. The highest BCUT2D eigenvalue weighted by atomic mass is 35.5. The molecule has 0 aromatic carbocycles. The minimum Gasteiger partial charge on any atom is -0.378 e. The summed E-state index contributed by atoms with van der Waals surface area (Å²) in [5.41, 5.74) is 1.03. The van der Waals surface area contributed by atoms with Gasteiger partial charge < -0.3 is 15.0 Å². The van der Waals surface area contributed by atoms with Crippen LogP contribution in [0.1, 0.15) is 5.69 Å². The molecule has 2 aromatic rings. The second-order valence-corrected chi connectivity index (χ2v) is 5.36. The molecule has 0 spiro atoms. The summed E-state index contributed by atoms with van der Waals surface area (Å²) in [5, 5.41) is 3.65. The molecule has 3 rings (SSSR count). The summed E-state index contributed by atoms with van der Waals surface area (Å²) in [5.74, 6) is 1.38. The Balaban J connectivity index is 1.62. The Labute approximate surface area is 134 Å². The van der Waals surface area contributed by atoms with Gasteiger partial charge in [-0.1, -0.05) is 17.7 Å². The van der Waals surface area contributed by atoms with Crippen molar-refractivity contribution in [1.29, 1.82) is 0 Å². The number of morpholine rings is 1. The van der Waals surface area contributed by atoms with E-state index in [-0.39, 0.29) is 0 Å². The summed E-state index contributed by atoms with van der Waals surface area (Å²) in [6.07, 6.45) is 2.60. The lowest BCUT2D eigenvalue weighted by Gasteiger charge is -2.28. The van der Waals surface area contributed by atoms with E-state index in [1.807, 2.05) is 18.2 Å². The topological polar surface area (TPSA) is 63.2 Å². The van der Waals surface area contributed by atoms with Crippen molar-refractivity contribution >= 4 is 23.4 Å². The summed E-state index contributed by atoms with van der Waals surface area (Å²) in [6, 6.07) is 7.68. The molecule has 0 atom stereocenters. The second kappa shape index (κ2) is 7.38. The zero-order valence-corrected chi connectivity index (χ0v) is 13.0. The van der Waals surface area contributed by atoms with E-state index >= 15 is 0 Å². The maximum Gasteiger partial charge on any atom is 0.226 e. The van der Waals surface area contributed by atoms with E-state index in [0.717, 1.165) is 31.0 Å². The predicted molar refractivity (Wildman–Crippen MR) is 86.5 cm³/mol. The average molecular weight is 320 g/mol. The third-order valence-corrected chi connectivity index (χ3v) is 3.60. The molecule has 7 heteroatoms. The van der Waals surface area contributed by atoms with Crippen molar-refractivity contribution in [3.8, 4) is 0 Å². The Bertz CT molecular complexity index is 604.